The molecule has 0 saturated carbocycles. The number of likely N-dealkylation sites (tertiary alicyclic amines) is 1. The zero-order valence-corrected chi connectivity index (χ0v) is 14.2. The molecule has 118 valence electrons. The van der Waals surface area contributed by atoms with Crippen LogP contribution in [0.15, 0.2) is 17.5 Å². The van der Waals surface area contributed by atoms with E-state index in [0.717, 1.165) is 32.5 Å². The van der Waals surface area contributed by atoms with Crippen molar-refractivity contribution in [1.82, 2.24) is 15.1 Å². The molecule has 0 radical (unpaired) electrons. The average Bonchev–Trinajstić information content (AvgIpc) is 2.97. The summed E-state index contributed by atoms with van der Waals surface area (Å²) in [5, 5.41) is 5.20. The number of hydrogen-bond donors (Lipinski definition) is 1. The number of rotatable bonds is 5. The zero-order chi connectivity index (χ0) is 15.2. The van der Waals surface area contributed by atoms with Crippen LogP contribution in [0, 0.1) is 5.92 Å². The van der Waals surface area contributed by atoms with Gasteiger partial charge in [0.2, 0.25) is 0 Å². The lowest BCUT2D eigenvalue weighted by molar-refractivity contribution is 0.139. The molecule has 1 N–H and O–H groups in total. The normalized spacial score (nSPS) is 20.6. The molecule has 0 aliphatic carbocycles. The number of urea groups is 1. The van der Waals surface area contributed by atoms with Crippen molar-refractivity contribution >= 4 is 17.4 Å². The molecular weight excluding hydrogens is 282 g/mol. The standard InChI is InChI=1S/C16H27N3OS/c1-13(10-15-7-5-9-21-15)11-17-16(20)19-8-4-6-14(12-19)18(2)3/h5,7,9,13-14H,4,6,8,10-12H2,1-3H3,(H,17,20). The van der Waals surface area contributed by atoms with E-state index in [0.29, 0.717) is 12.0 Å². The van der Waals surface area contributed by atoms with Crippen LogP contribution in [0.3, 0.4) is 0 Å². The molecule has 2 rings (SSSR count). The van der Waals surface area contributed by atoms with Gasteiger partial charge in [0.1, 0.15) is 0 Å². The van der Waals surface area contributed by atoms with E-state index in [9.17, 15) is 4.79 Å². The van der Waals surface area contributed by atoms with Crippen LogP contribution < -0.4 is 5.32 Å². The molecule has 1 aliphatic rings. The number of amides is 2. The molecule has 1 aromatic rings. The summed E-state index contributed by atoms with van der Waals surface area (Å²) in [6.07, 6.45) is 3.32. The molecule has 0 spiro atoms. The van der Waals surface area contributed by atoms with Crippen LogP contribution in [-0.2, 0) is 6.42 Å². The highest BCUT2D eigenvalue weighted by atomic mass is 32.1. The Bertz CT molecular complexity index is 433. The van der Waals surface area contributed by atoms with Gasteiger partial charge in [-0.15, -0.1) is 11.3 Å². The van der Waals surface area contributed by atoms with Crippen molar-refractivity contribution in [1.29, 1.82) is 0 Å². The summed E-state index contributed by atoms with van der Waals surface area (Å²) in [5.74, 6) is 0.474. The summed E-state index contributed by atoms with van der Waals surface area (Å²) in [5.41, 5.74) is 0. The first-order valence-electron chi connectivity index (χ1n) is 7.78. The molecule has 0 aromatic carbocycles. The van der Waals surface area contributed by atoms with E-state index in [-0.39, 0.29) is 6.03 Å². The Kier molecular flexibility index (Phi) is 6.06. The van der Waals surface area contributed by atoms with Crippen molar-refractivity contribution in [3.8, 4) is 0 Å². The second kappa shape index (κ2) is 7.80. The maximum absolute atomic E-state index is 12.3. The van der Waals surface area contributed by atoms with Gasteiger partial charge in [0.25, 0.3) is 0 Å². The van der Waals surface area contributed by atoms with Crippen LogP contribution in [0.5, 0.6) is 0 Å². The van der Waals surface area contributed by atoms with Crippen molar-refractivity contribution in [3.63, 3.8) is 0 Å². The maximum Gasteiger partial charge on any atom is 0.317 e. The predicted molar refractivity (Wildman–Crippen MR) is 88.9 cm³/mol. The van der Waals surface area contributed by atoms with Gasteiger partial charge in [-0.25, -0.2) is 4.79 Å². The van der Waals surface area contributed by atoms with Crippen molar-refractivity contribution in [3.05, 3.63) is 22.4 Å². The van der Waals surface area contributed by atoms with Gasteiger partial charge in [-0.1, -0.05) is 13.0 Å². The molecule has 1 aromatic heterocycles. The average molecular weight is 309 g/mol. The molecule has 21 heavy (non-hydrogen) atoms. The van der Waals surface area contributed by atoms with E-state index in [1.54, 1.807) is 11.3 Å². The predicted octanol–water partition coefficient (Wildman–Crippen LogP) is 2.66. The summed E-state index contributed by atoms with van der Waals surface area (Å²) in [4.78, 5) is 17.8. The van der Waals surface area contributed by atoms with E-state index >= 15 is 0 Å². The van der Waals surface area contributed by atoms with Crippen LogP contribution in [0.1, 0.15) is 24.6 Å². The van der Waals surface area contributed by atoms with Crippen molar-refractivity contribution in [2.24, 2.45) is 5.92 Å². The van der Waals surface area contributed by atoms with E-state index < -0.39 is 0 Å². The third-order valence-corrected chi connectivity index (χ3v) is 5.04. The molecule has 0 bridgehead atoms. The summed E-state index contributed by atoms with van der Waals surface area (Å²) in [7, 11) is 4.18. The molecule has 1 aliphatic heterocycles. The first-order chi connectivity index (χ1) is 10.1. The van der Waals surface area contributed by atoms with E-state index in [4.69, 9.17) is 0 Å². The topological polar surface area (TPSA) is 35.6 Å². The lowest BCUT2D eigenvalue weighted by atomic mass is 10.1. The molecule has 1 fully saturated rings. The lowest BCUT2D eigenvalue weighted by Crippen LogP contribution is -2.51. The molecule has 2 amide bonds. The van der Waals surface area contributed by atoms with E-state index in [1.807, 2.05) is 4.90 Å². The summed E-state index contributed by atoms with van der Waals surface area (Å²) >= 11 is 1.79. The van der Waals surface area contributed by atoms with Crippen LogP contribution >= 0.6 is 11.3 Å². The highest BCUT2D eigenvalue weighted by Crippen LogP contribution is 2.15. The van der Waals surface area contributed by atoms with Gasteiger partial charge in [-0.05, 0) is 50.7 Å². The Labute approximate surface area is 132 Å². The van der Waals surface area contributed by atoms with Crippen molar-refractivity contribution in [2.45, 2.75) is 32.2 Å². The zero-order valence-electron chi connectivity index (χ0n) is 13.3. The molecule has 2 unspecified atom stereocenters. The van der Waals surface area contributed by atoms with Crippen LogP contribution in [0.2, 0.25) is 0 Å². The Hall–Kier alpha value is -1.07. The van der Waals surface area contributed by atoms with Gasteiger partial charge in [-0.3, -0.25) is 0 Å². The third-order valence-electron chi connectivity index (χ3n) is 4.15. The van der Waals surface area contributed by atoms with E-state index in [2.05, 4.69) is 48.7 Å². The fraction of sp³-hybridized carbons (Fsp3) is 0.688. The minimum atomic E-state index is 0.0968. The number of nitrogens with zero attached hydrogens (tertiary/aromatic N) is 2. The van der Waals surface area contributed by atoms with Gasteiger partial charge < -0.3 is 15.1 Å². The fourth-order valence-electron chi connectivity index (χ4n) is 2.78. The summed E-state index contributed by atoms with van der Waals surface area (Å²) < 4.78 is 0. The largest absolute Gasteiger partial charge is 0.338 e. The van der Waals surface area contributed by atoms with Crippen LogP contribution in [-0.4, -0.2) is 55.6 Å². The Morgan fingerprint density at radius 2 is 2.38 bits per heavy atom. The van der Waals surface area contributed by atoms with Gasteiger partial charge in [-0.2, -0.15) is 0 Å². The smallest absolute Gasteiger partial charge is 0.317 e. The highest BCUT2D eigenvalue weighted by Gasteiger charge is 2.24. The highest BCUT2D eigenvalue weighted by molar-refractivity contribution is 7.09. The molecule has 2 heterocycles. The number of carbonyl (C=O) groups is 1. The second-order valence-corrected chi connectivity index (χ2v) is 7.31. The SMILES string of the molecule is CC(CNC(=O)N1CCCC(N(C)C)C1)Cc1cccs1. The first kappa shape index (κ1) is 16.3. The number of hydrogen-bond acceptors (Lipinski definition) is 3. The van der Waals surface area contributed by atoms with Crippen LogP contribution in [0.25, 0.3) is 0 Å². The van der Waals surface area contributed by atoms with E-state index in [1.165, 1.54) is 11.3 Å². The molecular formula is C16H27N3OS. The Morgan fingerprint density at radius 3 is 3.05 bits per heavy atom. The van der Waals surface area contributed by atoms with Gasteiger partial charge >= 0.3 is 6.03 Å². The number of piperidine rings is 1. The number of nitrogens with one attached hydrogen (secondary N) is 1. The fourth-order valence-corrected chi connectivity index (χ4v) is 3.65. The van der Waals surface area contributed by atoms with Crippen molar-refractivity contribution in [2.75, 3.05) is 33.7 Å². The van der Waals surface area contributed by atoms with Gasteiger partial charge in [0, 0.05) is 30.6 Å². The van der Waals surface area contributed by atoms with Crippen LogP contribution in [0.4, 0.5) is 4.79 Å². The number of carbonyl (C=O) groups excluding carboxylic acids is 1. The molecule has 4 nitrogen and oxygen atoms in total. The van der Waals surface area contributed by atoms with Crippen molar-refractivity contribution < 1.29 is 4.79 Å². The first-order valence-corrected chi connectivity index (χ1v) is 8.66. The quantitative estimate of drug-likeness (QED) is 0.907. The monoisotopic (exact) mass is 309 g/mol. The molecule has 2 atom stereocenters. The minimum absolute atomic E-state index is 0.0968. The summed E-state index contributed by atoms with van der Waals surface area (Å²) in [6, 6.07) is 4.84. The van der Waals surface area contributed by atoms with Gasteiger partial charge in [0.15, 0.2) is 0 Å². The Morgan fingerprint density at radius 1 is 1.57 bits per heavy atom. The Balaban J connectivity index is 1.73. The maximum atomic E-state index is 12.3. The number of thiophene rings is 1. The third kappa shape index (κ3) is 5.00. The minimum Gasteiger partial charge on any atom is -0.338 e. The van der Waals surface area contributed by atoms with Gasteiger partial charge in [0.05, 0.1) is 0 Å². The lowest BCUT2D eigenvalue weighted by Gasteiger charge is -2.36. The molecule has 5 heteroatoms. The second-order valence-electron chi connectivity index (χ2n) is 6.28. The number of likely N-dealkylation sites (N-methyl/N-ethyl adjacent to an activating group) is 1. The summed E-state index contributed by atoms with van der Waals surface area (Å²) in [6.45, 7) is 4.67. The molecule has 1 saturated heterocycles.